The molecule has 1 unspecified atom stereocenters. The Morgan fingerprint density at radius 1 is 1.33 bits per heavy atom. The largest absolute Gasteiger partial charge is 0.466 e. The first-order valence-corrected chi connectivity index (χ1v) is 7.88. The van der Waals surface area contributed by atoms with Crippen LogP contribution in [0.25, 0.3) is 5.03 Å². The first-order chi connectivity index (χ1) is 9.76. The molecule has 21 heavy (non-hydrogen) atoms. The molecule has 0 aliphatic rings. The lowest BCUT2D eigenvalue weighted by atomic mass is 9.85. The van der Waals surface area contributed by atoms with Crippen molar-refractivity contribution in [2.75, 3.05) is 6.61 Å². The van der Waals surface area contributed by atoms with Crippen LogP contribution >= 0.6 is 34.8 Å². The Kier molecular flexibility index (Phi) is 7.05. The molecule has 1 aromatic rings. The molecule has 116 valence electrons. The summed E-state index contributed by atoms with van der Waals surface area (Å²) in [7, 11) is 0. The highest BCUT2D eigenvalue weighted by atomic mass is 35.5. The number of carbonyl (C=O) groups excluding carboxylic acids is 1. The maximum Gasteiger partial charge on any atom is 0.306 e. The average Bonchev–Trinajstić information content (AvgIpc) is 2.38. The fraction of sp³-hybridized carbons (Fsp3) is 0.438. The molecule has 0 aliphatic heterocycles. The second-order valence-corrected chi connectivity index (χ2v) is 6.71. The van der Waals surface area contributed by atoms with Gasteiger partial charge in [0.05, 0.1) is 18.4 Å². The number of alkyl halides is 1. The summed E-state index contributed by atoms with van der Waals surface area (Å²) in [5, 5.41) is 0.780. The third-order valence-corrected chi connectivity index (χ3v) is 4.38. The second kappa shape index (κ2) is 8.07. The van der Waals surface area contributed by atoms with E-state index in [1.807, 2.05) is 26.0 Å². The number of allylic oxidation sites excluding steroid dienone is 1. The topological polar surface area (TPSA) is 26.3 Å². The molecular formula is C16H19Cl3O2. The van der Waals surface area contributed by atoms with Crippen LogP contribution in [0.2, 0.25) is 5.02 Å². The molecule has 0 bridgehead atoms. The summed E-state index contributed by atoms with van der Waals surface area (Å²) in [6.45, 7) is 5.96. The van der Waals surface area contributed by atoms with Gasteiger partial charge in [-0.2, -0.15) is 0 Å². The molecule has 0 heterocycles. The Morgan fingerprint density at radius 2 is 1.90 bits per heavy atom. The zero-order valence-corrected chi connectivity index (χ0v) is 14.6. The highest BCUT2D eigenvalue weighted by Crippen LogP contribution is 2.34. The summed E-state index contributed by atoms with van der Waals surface area (Å²) < 4.78 is 4.96. The van der Waals surface area contributed by atoms with Crippen molar-refractivity contribution in [2.45, 2.75) is 32.6 Å². The Balaban J connectivity index is 2.81. The SMILES string of the molecule is CCOC(=O)CC(C)(C)C(Cl)C=C(Cl)c1ccc(Cl)cc1. The number of benzene rings is 1. The van der Waals surface area contributed by atoms with Gasteiger partial charge in [0.15, 0.2) is 0 Å². The van der Waals surface area contributed by atoms with E-state index in [-0.39, 0.29) is 12.4 Å². The third kappa shape index (κ3) is 5.90. The van der Waals surface area contributed by atoms with Gasteiger partial charge in [-0.3, -0.25) is 4.79 Å². The predicted molar refractivity (Wildman–Crippen MR) is 90.0 cm³/mol. The Bertz CT molecular complexity index is 507. The van der Waals surface area contributed by atoms with E-state index in [0.717, 1.165) is 5.56 Å². The molecule has 0 fully saturated rings. The van der Waals surface area contributed by atoms with Crippen molar-refractivity contribution >= 4 is 45.8 Å². The summed E-state index contributed by atoms with van der Waals surface area (Å²) in [4.78, 5) is 11.6. The number of esters is 1. The van der Waals surface area contributed by atoms with E-state index in [0.29, 0.717) is 16.7 Å². The zero-order valence-electron chi connectivity index (χ0n) is 12.3. The van der Waals surface area contributed by atoms with Crippen molar-refractivity contribution in [2.24, 2.45) is 5.41 Å². The second-order valence-electron chi connectivity index (χ2n) is 5.39. The summed E-state index contributed by atoms with van der Waals surface area (Å²) in [5.74, 6) is -0.260. The standard InChI is InChI=1S/C16H19Cl3O2/c1-4-21-15(20)10-16(2,3)14(19)9-13(18)11-5-7-12(17)8-6-11/h5-9,14H,4,10H2,1-3H3. The van der Waals surface area contributed by atoms with Crippen molar-refractivity contribution in [3.05, 3.63) is 40.9 Å². The van der Waals surface area contributed by atoms with E-state index in [1.165, 1.54) is 0 Å². The average molecular weight is 350 g/mol. The Labute approximate surface area is 141 Å². The molecule has 1 atom stereocenters. The van der Waals surface area contributed by atoms with Crippen molar-refractivity contribution in [3.8, 4) is 0 Å². The lowest BCUT2D eigenvalue weighted by Gasteiger charge is -2.27. The van der Waals surface area contributed by atoms with Gasteiger partial charge in [0.25, 0.3) is 0 Å². The molecule has 2 nitrogen and oxygen atoms in total. The summed E-state index contributed by atoms with van der Waals surface area (Å²) >= 11 is 18.5. The normalized spacial score (nSPS) is 13.9. The summed E-state index contributed by atoms with van der Waals surface area (Å²) in [6.07, 6.45) is 1.97. The van der Waals surface area contributed by atoms with Crippen LogP contribution in [0.5, 0.6) is 0 Å². The highest BCUT2D eigenvalue weighted by molar-refractivity contribution is 6.49. The van der Waals surface area contributed by atoms with Crippen molar-refractivity contribution in [3.63, 3.8) is 0 Å². The molecule has 0 aromatic heterocycles. The first kappa shape index (κ1) is 18.3. The summed E-state index contributed by atoms with van der Waals surface area (Å²) in [5.41, 5.74) is 0.374. The lowest BCUT2D eigenvalue weighted by Crippen LogP contribution is -2.27. The monoisotopic (exact) mass is 348 g/mol. The van der Waals surface area contributed by atoms with Gasteiger partial charge in [0.1, 0.15) is 0 Å². The van der Waals surface area contributed by atoms with Crippen LogP contribution < -0.4 is 0 Å². The van der Waals surface area contributed by atoms with Crippen molar-refractivity contribution < 1.29 is 9.53 Å². The van der Waals surface area contributed by atoms with E-state index in [2.05, 4.69) is 0 Å². The molecule has 0 saturated heterocycles. The smallest absolute Gasteiger partial charge is 0.306 e. The molecule has 1 aromatic carbocycles. The fourth-order valence-electron chi connectivity index (χ4n) is 1.74. The van der Waals surface area contributed by atoms with Gasteiger partial charge >= 0.3 is 5.97 Å². The van der Waals surface area contributed by atoms with E-state index < -0.39 is 10.8 Å². The fourth-order valence-corrected chi connectivity index (χ4v) is 2.39. The lowest BCUT2D eigenvalue weighted by molar-refractivity contribution is -0.145. The molecule has 0 spiro atoms. The molecular weight excluding hydrogens is 331 g/mol. The minimum atomic E-state index is -0.458. The molecule has 0 N–H and O–H groups in total. The van der Waals surface area contributed by atoms with Gasteiger partial charge < -0.3 is 4.74 Å². The minimum Gasteiger partial charge on any atom is -0.466 e. The predicted octanol–water partition coefficient (Wildman–Crippen LogP) is 5.51. The maximum absolute atomic E-state index is 11.6. The van der Waals surface area contributed by atoms with Gasteiger partial charge in [0.2, 0.25) is 0 Å². The number of halogens is 3. The first-order valence-electron chi connectivity index (χ1n) is 6.69. The van der Waals surface area contributed by atoms with E-state index >= 15 is 0 Å². The molecule has 0 aliphatic carbocycles. The van der Waals surface area contributed by atoms with Crippen LogP contribution in [0.15, 0.2) is 30.3 Å². The van der Waals surface area contributed by atoms with Gasteiger partial charge in [-0.05, 0) is 36.1 Å². The van der Waals surface area contributed by atoms with Gasteiger partial charge in [0, 0.05) is 10.1 Å². The third-order valence-electron chi connectivity index (χ3n) is 3.06. The minimum absolute atomic E-state index is 0.232. The molecule has 5 heteroatoms. The van der Waals surface area contributed by atoms with Gasteiger partial charge in [-0.1, -0.05) is 49.2 Å². The van der Waals surface area contributed by atoms with Crippen LogP contribution in [-0.4, -0.2) is 18.0 Å². The highest BCUT2D eigenvalue weighted by Gasteiger charge is 2.30. The molecule has 0 radical (unpaired) electrons. The van der Waals surface area contributed by atoms with Gasteiger partial charge in [-0.25, -0.2) is 0 Å². The maximum atomic E-state index is 11.6. The number of ether oxygens (including phenoxy) is 1. The van der Waals surface area contributed by atoms with Crippen LogP contribution in [-0.2, 0) is 9.53 Å². The number of rotatable bonds is 6. The van der Waals surface area contributed by atoms with E-state index in [4.69, 9.17) is 39.5 Å². The zero-order chi connectivity index (χ0) is 16.0. The number of hydrogen-bond acceptors (Lipinski definition) is 2. The van der Waals surface area contributed by atoms with Crippen LogP contribution in [0.3, 0.4) is 0 Å². The van der Waals surface area contributed by atoms with E-state index in [1.54, 1.807) is 25.1 Å². The summed E-state index contributed by atoms with van der Waals surface area (Å²) in [6, 6.07) is 7.17. The molecule has 1 rings (SSSR count). The van der Waals surface area contributed by atoms with Crippen LogP contribution in [0.1, 0.15) is 32.8 Å². The van der Waals surface area contributed by atoms with Gasteiger partial charge in [-0.15, -0.1) is 11.6 Å². The molecule has 0 amide bonds. The van der Waals surface area contributed by atoms with Crippen LogP contribution in [0, 0.1) is 5.41 Å². The van der Waals surface area contributed by atoms with Crippen molar-refractivity contribution in [1.82, 2.24) is 0 Å². The Morgan fingerprint density at radius 3 is 2.43 bits per heavy atom. The Hall–Kier alpha value is -0.700. The van der Waals surface area contributed by atoms with Crippen LogP contribution in [0.4, 0.5) is 0 Å². The number of hydrogen-bond donors (Lipinski definition) is 0. The van der Waals surface area contributed by atoms with E-state index in [9.17, 15) is 4.79 Å². The number of carbonyl (C=O) groups is 1. The quantitative estimate of drug-likeness (QED) is 0.500. The molecule has 0 saturated carbocycles. The van der Waals surface area contributed by atoms with Crippen molar-refractivity contribution in [1.29, 1.82) is 0 Å².